The van der Waals surface area contributed by atoms with Crippen molar-refractivity contribution in [3.05, 3.63) is 87.7 Å². The molecule has 1 N–H and O–H groups in total. The highest BCUT2D eigenvalue weighted by atomic mass is 35.5. The quantitative estimate of drug-likeness (QED) is 0.421. The molecule has 0 radical (unpaired) electrons. The van der Waals surface area contributed by atoms with E-state index in [2.05, 4.69) is 36.5 Å². The van der Waals surface area contributed by atoms with Gasteiger partial charge in [0, 0.05) is 41.0 Å². The highest BCUT2D eigenvalue weighted by Gasteiger charge is 2.14. The first-order chi connectivity index (χ1) is 15.4. The summed E-state index contributed by atoms with van der Waals surface area (Å²) < 4.78 is 1.86. The number of hydrogen-bond donors (Lipinski definition) is 1. The van der Waals surface area contributed by atoms with E-state index in [9.17, 15) is 4.79 Å². The molecule has 32 heavy (non-hydrogen) atoms. The SMILES string of the molecule is Cc1cccc(CCNC(=O)CCc2c(C)nc3cc(-c4ccc(Cl)cc4)nn3c2C)c1. The van der Waals surface area contributed by atoms with Gasteiger partial charge in [-0.2, -0.15) is 5.10 Å². The number of carbonyl (C=O) groups excluding carboxylic acids is 1. The van der Waals surface area contributed by atoms with Crippen LogP contribution in [0.15, 0.2) is 54.6 Å². The third-order valence-corrected chi connectivity index (χ3v) is 5.98. The van der Waals surface area contributed by atoms with Crippen LogP contribution in [0.1, 0.15) is 34.5 Å². The Balaban J connectivity index is 1.42. The molecular formula is C26H27ClN4O. The van der Waals surface area contributed by atoms with Crippen LogP contribution in [-0.4, -0.2) is 27.0 Å². The first kappa shape index (κ1) is 22.0. The number of aryl methyl sites for hydroxylation is 3. The van der Waals surface area contributed by atoms with E-state index in [1.54, 1.807) is 0 Å². The molecule has 0 unspecified atom stereocenters. The lowest BCUT2D eigenvalue weighted by Gasteiger charge is -2.11. The maximum absolute atomic E-state index is 12.4. The summed E-state index contributed by atoms with van der Waals surface area (Å²) in [4.78, 5) is 17.1. The lowest BCUT2D eigenvalue weighted by molar-refractivity contribution is -0.121. The maximum atomic E-state index is 12.4. The Kier molecular flexibility index (Phi) is 6.56. The van der Waals surface area contributed by atoms with Gasteiger partial charge < -0.3 is 5.32 Å². The van der Waals surface area contributed by atoms with Crippen LogP contribution < -0.4 is 5.32 Å². The van der Waals surface area contributed by atoms with Gasteiger partial charge in [0.1, 0.15) is 0 Å². The molecule has 2 heterocycles. The van der Waals surface area contributed by atoms with Gasteiger partial charge in [0.2, 0.25) is 5.91 Å². The molecule has 0 atom stereocenters. The lowest BCUT2D eigenvalue weighted by atomic mass is 10.1. The summed E-state index contributed by atoms with van der Waals surface area (Å²) >= 11 is 6.00. The monoisotopic (exact) mass is 446 g/mol. The van der Waals surface area contributed by atoms with E-state index in [-0.39, 0.29) is 5.91 Å². The van der Waals surface area contributed by atoms with Gasteiger partial charge in [0.15, 0.2) is 5.65 Å². The van der Waals surface area contributed by atoms with Crippen molar-refractivity contribution in [2.24, 2.45) is 0 Å². The van der Waals surface area contributed by atoms with Crippen LogP contribution in [0, 0.1) is 20.8 Å². The molecule has 2 aromatic carbocycles. The van der Waals surface area contributed by atoms with Crippen LogP contribution >= 0.6 is 11.6 Å². The minimum atomic E-state index is 0.0545. The normalized spacial score (nSPS) is 11.1. The predicted molar refractivity (Wildman–Crippen MR) is 129 cm³/mol. The molecule has 0 saturated carbocycles. The van der Waals surface area contributed by atoms with Crippen molar-refractivity contribution >= 4 is 23.2 Å². The zero-order chi connectivity index (χ0) is 22.7. The van der Waals surface area contributed by atoms with Gasteiger partial charge >= 0.3 is 0 Å². The predicted octanol–water partition coefficient (Wildman–Crippen LogP) is 5.27. The Morgan fingerprint density at radius 2 is 1.81 bits per heavy atom. The molecular weight excluding hydrogens is 420 g/mol. The minimum absolute atomic E-state index is 0.0545. The first-order valence-corrected chi connectivity index (χ1v) is 11.2. The molecule has 164 valence electrons. The summed E-state index contributed by atoms with van der Waals surface area (Å²) in [7, 11) is 0. The fraction of sp³-hybridized carbons (Fsp3) is 0.269. The van der Waals surface area contributed by atoms with Gasteiger partial charge in [0.05, 0.1) is 5.69 Å². The molecule has 4 aromatic rings. The van der Waals surface area contributed by atoms with Crippen molar-refractivity contribution < 1.29 is 4.79 Å². The molecule has 4 rings (SSSR count). The first-order valence-electron chi connectivity index (χ1n) is 10.8. The topological polar surface area (TPSA) is 59.3 Å². The van der Waals surface area contributed by atoms with E-state index in [1.807, 2.05) is 48.7 Å². The average molecular weight is 447 g/mol. The number of hydrogen-bond acceptors (Lipinski definition) is 3. The number of nitrogens with one attached hydrogen (secondary N) is 1. The van der Waals surface area contributed by atoms with Crippen LogP contribution in [0.2, 0.25) is 5.02 Å². The average Bonchev–Trinajstić information content (AvgIpc) is 3.18. The fourth-order valence-electron chi connectivity index (χ4n) is 3.99. The van der Waals surface area contributed by atoms with Crippen LogP contribution in [0.25, 0.3) is 16.9 Å². The van der Waals surface area contributed by atoms with Crippen LogP contribution in [-0.2, 0) is 17.6 Å². The summed E-state index contributed by atoms with van der Waals surface area (Å²) in [5.41, 5.74) is 8.13. The van der Waals surface area contributed by atoms with Crippen molar-refractivity contribution in [3.8, 4) is 11.3 Å². The summed E-state index contributed by atoms with van der Waals surface area (Å²) in [6.07, 6.45) is 1.89. The van der Waals surface area contributed by atoms with Crippen molar-refractivity contribution in [1.29, 1.82) is 0 Å². The summed E-state index contributed by atoms with van der Waals surface area (Å²) in [6, 6.07) is 18.0. The molecule has 0 spiro atoms. The van der Waals surface area contributed by atoms with Crippen LogP contribution in [0.5, 0.6) is 0 Å². The van der Waals surface area contributed by atoms with Gasteiger partial charge in [-0.15, -0.1) is 0 Å². The number of rotatable bonds is 7. The number of benzene rings is 2. The highest BCUT2D eigenvalue weighted by molar-refractivity contribution is 6.30. The zero-order valence-electron chi connectivity index (χ0n) is 18.7. The number of amides is 1. The second-order valence-electron chi connectivity index (χ2n) is 8.16. The number of aromatic nitrogens is 3. The van der Waals surface area contributed by atoms with Gasteiger partial charge in [-0.05, 0) is 56.9 Å². The van der Waals surface area contributed by atoms with E-state index in [4.69, 9.17) is 21.7 Å². The molecule has 1 amide bonds. The molecule has 6 heteroatoms. The van der Waals surface area contributed by atoms with Crippen molar-refractivity contribution in [2.75, 3.05) is 6.54 Å². The van der Waals surface area contributed by atoms with Crippen molar-refractivity contribution in [2.45, 2.75) is 40.0 Å². The van der Waals surface area contributed by atoms with Crippen LogP contribution in [0.4, 0.5) is 0 Å². The standard InChI is InChI=1S/C26H27ClN4O/c1-17-5-4-6-20(15-17)13-14-28-26(32)12-11-23-18(2)29-25-16-24(30-31(25)19(23)3)21-7-9-22(27)10-8-21/h4-10,15-16H,11-14H2,1-3H3,(H,28,32). The van der Waals surface area contributed by atoms with E-state index in [0.29, 0.717) is 24.4 Å². The Morgan fingerprint density at radius 3 is 2.56 bits per heavy atom. The van der Waals surface area contributed by atoms with E-state index >= 15 is 0 Å². The number of nitrogens with zero attached hydrogens (tertiary/aromatic N) is 3. The lowest BCUT2D eigenvalue weighted by Crippen LogP contribution is -2.26. The second kappa shape index (κ2) is 9.53. The van der Waals surface area contributed by atoms with Gasteiger partial charge in [-0.1, -0.05) is 53.6 Å². The van der Waals surface area contributed by atoms with Crippen molar-refractivity contribution in [3.63, 3.8) is 0 Å². The Hall–Kier alpha value is -3.18. The summed E-state index contributed by atoms with van der Waals surface area (Å²) in [5.74, 6) is 0.0545. The van der Waals surface area contributed by atoms with Crippen molar-refractivity contribution in [1.82, 2.24) is 19.9 Å². The molecule has 0 aliphatic heterocycles. The Labute approximate surface area is 193 Å². The van der Waals surface area contributed by atoms with Gasteiger partial charge in [-0.25, -0.2) is 9.50 Å². The molecule has 0 aliphatic rings. The smallest absolute Gasteiger partial charge is 0.220 e. The summed E-state index contributed by atoms with van der Waals surface area (Å²) in [5, 5.41) is 8.47. The third kappa shape index (κ3) is 5.00. The minimum Gasteiger partial charge on any atom is -0.356 e. The van der Waals surface area contributed by atoms with E-state index in [0.717, 1.165) is 40.3 Å². The fourth-order valence-corrected chi connectivity index (χ4v) is 4.12. The largest absolute Gasteiger partial charge is 0.356 e. The highest BCUT2D eigenvalue weighted by Crippen LogP contribution is 2.24. The number of fused-ring (bicyclic) bond motifs is 1. The number of carbonyl (C=O) groups is 1. The molecule has 2 aromatic heterocycles. The third-order valence-electron chi connectivity index (χ3n) is 5.72. The van der Waals surface area contributed by atoms with Gasteiger partial charge in [0.25, 0.3) is 0 Å². The molecule has 0 saturated heterocycles. The Morgan fingerprint density at radius 1 is 1.03 bits per heavy atom. The number of halogens is 1. The molecule has 0 fully saturated rings. The van der Waals surface area contributed by atoms with Crippen LogP contribution in [0.3, 0.4) is 0 Å². The summed E-state index contributed by atoms with van der Waals surface area (Å²) in [6.45, 7) is 6.75. The second-order valence-corrected chi connectivity index (χ2v) is 8.59. The Bertz CT molecular complexity index is 1260. The molecule has 0 aliphatic carbocycles. The van der Waals surface area contributed by atoms with Gasteiger partial charge in [-0.3, -0.25) is 4.79 Å². The maximum Gasteiger partial charge on any atom is 0.220 e. The zero-order valence-corrected chi connectivity index (χ0v) is 19.4. The van der Waals surface area contributed by atoms with E-state index < -0.39 is 0 Å². The molecule has 5 nitrogen and oxygen atoms in total. The van der Waals surface area contributed by atoms with E-state index in [1.165, 1.54) is 11.1 Å². The molecule has 0 bridgehead atoms.